The van der Waals surface area contributed by atoms with Crippen molar-refractivity contribution in [2.45, 2.75) is 6.92 Å². The molecule has 2 aromatic rings. The quantitative estimate of drug-likeness (QED) is 0.775. The van der Waals surface area contributed by atoms with Crippen molar-refractivity contribution in [1.29, 1.82) is 0 Å². The highest BCUT2D eigenvalue weighted by Crippen LogP contribution is 2.20. The van der Waals surface area contributed by atoms with Crippen molar-refractivity contribution >= 4 is 18.4 Å². The first-order valence-corrected chi connectivity index (χ1v) is 7.04. The van der Waals surface area contributed by atoms with E-state index in [1.54, 1.807) is 0 Å². The molecule has 0 aliphatic carbocycles. The van der Waals surface area contributed by atoms with Crippen molar-refractivity contribution in [3.63, 3.8) is 0 Å². The van der Waals surface area contributed by atoms with Gasteiger partial charge in [0.25, 0.3) is 0 Å². The fourth-order valence-electron chi connectivity index (χ4n) is 1.63. The lowest BCUT2D eigenvalue weighted by molar-refractivity contribution is 0.340. The van der Waals surface area contributed by atoms with Gasteiger partial charge in [-0.3, -0.25) is 0 Å². The van der Waals surface area contributed by atoms with E-state index in [0.717, 1.165) is 16.4 Å². The summed E-state index contributed by atoms with van der Waals surface area (Å²) in [7, 11) is -1.88. The highest BCUT2D eigenvalue weighted by molar-refractivity contribution is 7.61. The van der Waals surface area contributed by atoms with Crippen LogP contribution in [0.5, 0.6) is 5.75 Å². The van der Waals surface area contributed by atoms with Crippen LogP contribution in [0.4, 0.5) is 0 Å². The van der Waals surface area contributed by atoms with E-state index in [9.17, 15) is 4.57 Å². The third kappa shape index (κ3) is 2.98. The topological polar surface area (TPSA) is 26.3 Å². The molecule has 0 aromatic heterocycles. The molecule has 2 rings (SSSR count). The smallest absolute Gasteiger partial charge is 0.131 e. The molecular weight excluding hydrogens is 231 g/mol. The summed E-state index contributed by atoms with van der Waals surface area (Å²) in [4.78, 5) is 0. The molecule has 0 N–H and O–H groups in total. The van der Waals surface area contributed by atoms with Crippen LogP contribution >= 0.6 is 7.80 Å². The molecule has 0 saturated heterocycles. The monoisotopic (exact) mass is 246 g/mol. The average Bonchev–Trinajstić information content (AvgIpc) is 2.40. The SMILES string of the molecule is CCOc1ccc([PH](=O)c2ccccc2)cc1. The molecule has 0 bridgehead atoms. The Morgan fingerprint density at radius 1 is 0.941 bits per heavy atom. The minimum Gasteiger partial charge on any atom is -0.494 e. The Kier molecular flexibility index (Phi) is 4.00. The summed E-state index contributed by atoms with van der Waals surface area (Å²) >= 11 is 0. The Hall–Kier alpha value is -1.53. The Bertz CT molecular complexity index is 491. The number of benzene rings is 2. The van der Waals surface area contributed by atoms with Gasteiger partial charge >= 0.3 is 0 Å². The summed E-state index contributed by atoms with van der Waals surface area (Å²) in [5, 5.41) is 1.76. The molecule has 0 saturated carbocycles. The highest BCUT2D eigenvalue weighted by atomic mass is 31.1. The van der Waals surface area contributed by atoms with E-state index >= 15 is 0 Å². The van der Waals surface area contributed by atoms with E-state index in [2.05, 4.69) is 0 Å². The van der Waals surface area contributed by atoms with Crippen LogP contribution in [0, 0.1) is 0 Å². The lowest BCUT2D eigenvalue weighted by Gasteiger charge is -2.05. The van der Waals surface area contributed by atoms with E-state index in [4.69, 9.17) is 4.74 Å². The van der Waals surface area contributed by atoms with Gasteiger partial charge < -0.3 is 9.30 Å². The lowest BCUT2D eigenvalue weighted by atomic mass is 10.3. The summed E-state index contributed by atoms with van der Waals surface area (Å²) in [5.74, 6) is 0.819. The largest absolute Gasteiger partial charge is 0.494 e. The second-order valence-corrected chi connectivity index (χ2v) is 5.47. The molecule has 2 aromatic carbocycles. The van der Waals surface area contributed by atoms with Gasteiger partial charge in [-0.15, -0.1) is 0 Å². The normalized spacial score (nSPS) is 12.1. The van der Waals surface area contributed by atoms with Gasteiger partial charge in [-0.25, -0.2) is 0 Å². The second kappa shape index (κ2) is 5.70. The Morgan fingerprint density at radius 2 is 1.53 bits per heavy atom. The number of rotatable bonds is 4. The molecule has 0 heterocycles. The summed E-state index contributed by atoms with van der Waals surface area (Å²) in [5.41, 5.74) is 0. The molecule has 0 fully saturated rings. The fraction of sp³-hybridized carbons (Fsp3) is 0.143. The average molecular weight is 246 g/mol. The molecule has 1 unspecified atom stereocenters. The third-order valence-electron chi connectivity index (χ3n) is 2.46. The van der Waals surface area contributed by atoms with Gasteiger partial charge in [0.2, 0.25) is 0 Å². The zero-order valence-electron chi connectivity index (χ0n) is 9.72. The first-order valence-electron chi connectivity index (χ1n) is 5.64. The van der Waals surface area contributed by atoms with E-state index in [0.29, 0.717) is 6.61 Å². The van der Waals surface area contributed by atoms with Crippen molar-refractivity contribution in [3.05, 3.63) is 54.6 Å². The van der Waals surface area contributed by atoms with Crippen LogP contribution in [-0.2, 0) is 4.57 Å². The summed E-state index contributed by atoms with van der Waals surface area (Å²) in [6.07, 6.45) is 0. The highest BCUT2D eigenvalue weighted by Gasteiger charge is 2.05. The van der Waals surface area contributed by atoms with E-state index in [1.807, 2.05) is 61.5 Å². The van der Waals surface area contributed by atoms with Gasteiger partial charge in [0.1, 0.15) is 13.6 Å². The summed E-state index contributed by atoms with van der Waals surface area (Å²) < 4.78 is 17.6. The molecule has 0 radical (unpaired) electrons. The fourth-order valence-corrected chi connectivity index (χ4v) is 2.92. The summed E-state index contributed by atoms with van der Waals surface area (Å²) in [6, 6.07) is 17.0. The molecule has 0 spiro atoms. The van der Waals surface area contributed by atoms with Gasteiger partial charge in [0.05, 0.1) is 6.61 Å². The first-order chi connectivity index (χ1) is 8.31. The van der Waals surface area contributed by atoms with Crippen LogP contribution < -0.4 is 15.3 Å². The minimum absolute atomic E-state index is 0.646. The molecule has 0 aliphatic heterocycles. The summed E-state index contributed by atoms with van der Waals surface area (Å²) in [6.45, 7) is 2.59. The van der Waals surface area contributed by atoms with Crippen molar-refractivity contribution in [2.24, 2.45) is 0 Å². The van der Waals surface area contributed by atoms with E-state index < -0.39 is 7.80 Å². The minimum atomic E-state index is -1.88. The van der Waals surface area contributed by atoms with Crippen LogP contribution in [0.25, 0.3) is 0 Å². The predicted octanol–water partition coefficient (Wildman–Crippen LogP) is 2.60. The Labute approximate surface area is 102 Å². The molecule has 0 aliphatic rings. The Balaban J connectivity index is 2.20. The molecule has 2 nitrogen and oxygen atoms in total. The molecule has 3 heteroatoms. The van der Waals surface area contributed by atoms with Crippen LogP contribution in [0.1, 0.15) is 6.92 Å². The third-order valence-corrected chi connectivity index (χ3v) is 4.18. The zero-order valence-corrected chi connectivity index (χ0v) is 10.7. The van der Waals surface area contributed by atoms with Crippen molar-refractivity contribution in [3.8, 4) is 5.75 Å². The van der Waals surface area contributed by atoms with Gasteiger partial charge in [-0.2, -0.15) is 0 Å². The number of ether oxygens (including phenoxy) is 1. The van der Waals surface area contributed by atoms with Crippen LogP contribution in [-0.4, -0.2) is 6.61 Å². The van der Waals surface area contributed by atoms with Crippen molar-refractivity contribution in [1.82, 2.24) is 0 Å². The molecule has 17 heavy (non-hydrogen) atoms. The maximum atomic E-state index is 12.3. The predicted molar refractivity (Wildman–Crippen MR) is 72.3 cm³/mol. The van der Waals surface area contributed by atoms with Gasteiger partial charge in [-0.1, -0.05) is 30.3 Å². The Morgan fingerprint density at radius 3 is 2.12 bits per heavy atom. The molecule has 88 valence electrons. The van der Waals surface area contributed by atoms with Crippen LogP contribution in [0.3, 0.4) is 0 Å². The van der Waals surface area contributed by atoms with Crippen molar-refractivity contribution < 1.29 is 9.30 Å². The standard InChI is InChI=1S/C14H15O2P/c1-2-16-12-8-10-14(11-9-12)17(15)13-6-4-3-5-7-13/h3-11,17H,2H2,1H3. The first kappa shape index (κ1) is 11.9. The van der Waals surface area contributed by atoms with Crippen molar-refractivity contribution in [2.75, 3.05) is 6.61 Å². The lowest BCUT2D eigenvalue weighted by Crippen LogP contribution is -2.05. The van der Waals surface area contributed by atoms with E-state index in [-0.39, 0.29) is 0 Å². The molecule has 1 atom stereocenters. The number of hydrogen-bond acceptors (Lipinski definition) is 2. The molecular formula is C14H15O2P. The molecule has 0 amide bonds. The maximum absolute atomic E-state index is 12.3. The van der Waals surface area contributed by atoms with Crippen LogP contribution in [0.2, 0.25) is 0 Å². The van der Waals surface area contributed by atoms with Gasteiger partial charge in [0, 0.05) is 10.6 Å². The zero-order chi connectivity index (χ0) is 12.1. The second-order valence-electron chi connectivity index (χ2n) is 3.65. The van der Waals surface area contributed by atoms with Crippen LogP contribution in [0.15, 0.2) is 54.6 Å². The maximum Gasteiger partial charge on any atom is 0.131 e. The number of hydrogen-bond donors (Lipinski definition) is 0. The van der Waals surface area contributed by atoms with Gasteiger partial charge in [-0.05, 0) is 31.2 Å². The van der Waals surface area contributed by atoms with E-state index in [1.165, 1.54) is 0 Å². The van der Waals surface area contributed by atoms with Gasteiger partial charge in [0.15, 0.2) is 0 Å².